The third-order valence-corrected chi connectivity index (χ3v) is 2.27. The number of methoxy groups -OCH3 is 1. The monoisotopic (exact) mass is 255 g/mol. The van der Waals surface area contributed by atoms with Crippen molar-refractivity contribution in [1.29, 1.82) is 0 Å². The standard InChI is InChI=1S/C12H14FNO4/c1-18-10-3-2-8(6-9(10)13)7-14-11(15)4-5-12(16)17/h2-3,6H,4-5,7H2,1H3,(H,14,15)(H,16,17). The van der Waals surface area contributed by atoms with Crippen LogP contribution in [-0.4, -0.2) is 24.1 Å². The van der Waals surface area contributed by atoms with Crippen molar-refractivity contribution in [2.75, 3.05) is 7.11 Å². The average Bonchev–Trinajstić information content (AvgIpc) is 2.34. The molecule has 0 radical (unpaired) electrons. The van der Waals surface area contributed by atoms with E-state index in [0.29, 0.717) is 5.56 Å². The third-order valence-electron chi connectivity index (χ3n) is 2.27. The Morgan fingerprint density at radius 1 is 1.39 bits per heavy atom. The van der Waals surface area contributed by atoms with Gasteiger partial charge in [0.1, 0.15) is 0 Å². The van der Waals surface area contributed by atoms with Crippen LogP contribution in [-0.2, 0) is 16.1 Å². The Kier molecular flexibility index (Phi) is 5.10. The topological polar surface area (TPSA) is 75.6 Å². The number of halogens is 1. The summed E-state index contributed by atoms with van der Waals surface area (Å²) in [4.78, 5) is 21.5. The molecule has 0 saturated carbocycles. The number of carboxylic acids is 1. The van der Waals surface area contributed by atoms with E-state index in [2.05, 4.69) is 5.32 Å². The van der Waals surface area contributed by atoms with E-state index in [1.54, 1.807) is 6.07 Å². The molecule has 0 spiro atoms. The Morgan fingerprint density at radius 3 is 2.67 bits per heavy atom. The molecule has 0 aromatic heterocycles. The maximum absolute atomic E-state index is 13.3. The van der Waals surface area contributed by atoms with Crippen molar-refractivity contribution in [3.8, 4) is 5.75 Å². The lowest BCUT2D eigenvalue weighted by Crippen LogP contribution is -2.23. The summed E-state index contributed by atoms with van der Waals surface area (Å²) in [5, 5.41) is 10.9. The number of rotatable bonds is 6. The summed E-state index contributed by atoms with van der Waals surface area (Å²) in [6.45, 7) is 0.152. The van der Waals surface area contributed by atoms with Crippen LogP contribution in [0.5, 0.6) is 5.75 Å². The van der Waals surface area contributed by atoms with Gasteiger partial charge >= 0.3 is 5.97 Å². The first-order valence-electron chi connectivity index (χ1n) is 5.34. The van der Waals surface area contributed by atoms with Gasteiger partial charge in [-0.15, -0.1) is 0 Å². The van der Waals surface area contributed by atoms with Gasteiger partial charge in [-0.25, -0.2) is 4.39 Å². The van der Waals surface area contributed by atoms with E-state index in [-0.39, 0.29) is 31.0 Å². The zero-order chi connectivity index (χ0) is 13.5. The van der Waals surface area contributed by atoms with Gasteiger partial charge in [0.25, 0.3) is 0 Å². The van der Waals surface area contributed by atoms with Crippen LogP contribution in [0.4, 0.5) is 4.39 Å². The fourth-order valence-electron chi connectivity index (χ4n) is 1.33. The van der Waals surface area contributed by atoms with Gasteiger partial charge in [0.2, 0.25) is 5.91 Å². The van der Waals surface area contributed by atoms with Crippen LogP contribution in [0.1, 0.15) is 18.4 Å². The van der Waals surface area contributed by atoms with Gasteiger partial charge in [0.15, 0.2) is 11.6 Å². The number of carbonyl (C=O) groups is 2. The maximum atomic E-state index is 13.3. The summed E-state index contributed by atoms with van der Waals surface area (Å²) in [6.07, 6.45) is -0.309. The lowest BCUT2D eigenvalue weighted by molar-refractivity contribution is -0.138. The highest BCUT2D eigenvalue weighted by molar-refractivity contribution is 5.80. The van der Waals surface area contributed by atoms with E-state index in [9.17, 15) is 14.0 Å². The predicted molar refractivity (Wildman–Crippen MR) is 61.7 cm³/mol. The van der Waals surface area contributed by atoms with E-state index in [1.807, 2.05) is 0 Å². The lowest BCUT2D eigenvalue weighted by Gasteiger charge is -2.06. The Morgan fingerprint density at radius 2 is 2.11 bits per heavy atom. The van der Waals surface area contributed by atoms with Crippen LogP contribution in [0, 0.1) is 5.82 Å². The molecule has 0 saturated heterocycles. The van der Waals surface area contributed by atoms with E-state index in [1.165, 1.54) is 19.2 Å². The van der Waals surface area contributed by atoms with Crippen molar-refractivity contribution >= 4 is 11.9 Å². The number of ether oxygens (including phenoxy) is 1. The third kappa shape index (κ3) is 4.40. The van der Waals surface area contributed by atoms with Gasteiger partial charge in [0.05, 0.1) is 13.5 Å². The maximum Gasteiger partial charge on any atom is 0.303 e. The molecular weight excluding hydrogens is 241 g/mol. The van der Waals surface area contributed by atoms with E-state index in [4.69, 9.17) is 9.84 Å². The molecule has 6 heteroatoms. The summed E-state index contributed by atoms with van der Waals surface area (Å²) >= 11 is 0. The minimum Gasteiger partial charge on any atom is -0.494 e. The smallest absolute Gasteiger partial charge is 0.303 e. The van der Waals surface area contributed by atoms with Crippen molar-refractivity contribution in [3.63, 3.8) is 0 Å². The van der Waals surface area contributed by atoms with Crippen molar-refractivity contribution in [1.82, 2.24) is 5.32 Å². The van der Waals surface area contributed by atoms with Gasteiger partial charge in [-0.05, 0) is 17.7 Å². The quantitative estimate of drug-likeness (QED) is 0.803. The second-order valence-electron chi connectivity index (χ2n) is 3.64. The summed E-state index contributed by atoms with van der Waals surface area (Å²) in [5.41, 5.74) is 0.581. The fraction of sp³-hybridized carbons (Fsp3) is 0.333. The second kappa shape index (κ2) is 6.58. The second-order valence-corrected chi connectivity index (χ2v) is 3.64. The molecule has 0 heterocycles. The molecule has 0 atom stereocenters. The first-order valence-corrected chi connectivity index (χ1v) is 5.34. The van der Waals surface area contributed by atoms with Crippen LogP contribution < -0.4 is 10.1 Å². The molecule has 1 rings (SSSR count). The molecule has 0 unspecified atom stereocenters. The van der Waals surface area contributed by atoms with Gasteiger partial charge in [0, 0.05) is 13.0 Å². The molecule has 0 fully saturated rings. The molecule has 98 valence electrons. The van der Waals surface area contributed by atoms with E-state index >= 15 is 0 Å². The summed E-state index contributed by atoms with van der Waals surface area (Å²) < 4.78 is 18.1. The molecule has 0 bridgehead atoms. The molecule has 0 aliphatic carbocycles. The molecule has 1 aromatic carbocycles. The van der Waals surface area contributed by atoms with E-state index < -0.39 is 11.8 Å². The highest BCUT2D eigenvalue weighted by Crippen LogP contribution is 2.17. The van der Waals surface area contributed by atoms with Gasteiger partial charge < -0.3 is 15.2 Å². The number of carbonyl (C=O) groups excluding carboxylic acids is 1. The first kappa shape index (κ1) is 14.0. The van der Waals surface area contributed by atoms with Crippen LogP contribution >= 0.6 is 0 Å². The molecule has 5 nitrogen and oxygen atoms in total. The molecule has 18 heavy (non-hydrogen) atoms. The summed E-state index contributed by atoms with van der Waals surface area (Å²) in [7, 11) is 1.37. The Bertz CT molecular complexity index is 448. The van der Waals surface area contributed by atoms with Crippen molar-refractivity contribution in [2.24, 2.45) is 0 Å². The number of nitrogens with one attached hydrogen (secondary N) is 1. The fourth-order valence-corrected chi connectivity index (χ4v) is 1.33. The van der Waals surface area contributed by atoms with Crippen LogP contribution in [0.15, 0.2) is 18.2 Å². The Balaban J connectivity index is 2.46. The summed E-state index contributed by atoms with van der Waals surface area (Å²) in [5.74, 6) is -1.78. The van der Waals surface area contributed by atoms with Crippen LogP contribution in [0.2, 0.25) is 0 Å². The molecule has 2 N–H and O–H groups in total. The van der Waals surface area contributed by atoms with Crippen molar-refractivity contribution < 1.29 is 23.8 Å². The van der Waals surface area contributed by atoms with Gasteiger partial charge in [-0.2, -0.15) is 0 Å². The van der Waals surface area contributed by atoms with Crippen molar-refractivity contribution in [2.45, 2.75) is 19.4 Å². The van der Waals surface area contributed by atoms with Crippen molar-refractivity contribution in [3.05, 3.63) is 29.6 Å². The number of amides is 1. The number of hydrogen-bond acceptors (Lipinski definition) is 3. The normalized spacial score (nSPS) is 9.89. The number of aliphatic carboxylic acids is 1. The lowest BCUT2D eigenvalue weighted by atomic mass is 10.2. The number of hydrogen-bond donors (Lipinski definition) is 2. The van der Waals surface area contributed by atoms with Gasteiger partial charge in [-0.3, -0.25) is 9.59 Å². The molecule has 0 aliphatic heterocycles. The molecule has 1 aromatic rings. The summed E-state index contributed by atoms with van der Waals surface area (Å²) in [6, 6.07) is 4.35. The predicted octanol–water partition coefficient (Wildman–Crippen LogP) is 1.32. The largest absolute Gasteiger partial charge is 0.494 e. The highest BCUT2D eigenvalue weighted by Gasteiger charge is 2.07. The first-order chi connectivity index (χ1) is 8.52. The molecular formula is C12H14FNO4. The molecule has 0 aliphatic rings. The SMILES string of the molecule is COc1ccc(CNC(=O)CCC(=O)O)cc1F. The zero-order valence-corrected chi connectivity index (χ0v) is 9.90. The minimum absolute atomic E-state index is 0.0893. The Labute approximate surface area is 104 Å². The van der Waals surface area contributed by atoms with Crippen LogP contribution in [0.25, 0.3) is 0 Å². The average molecular weight is 255 g/mol. The van der Waals surface area contributed by atoms with Crippen LogP contribution in [0.3, 0.4) is 0 Å². The van der Waals surface area contributed by atoms with Gasteiger partial charge in [-0.1, -0.05) is 6.07 Å². The number of carboxylic acid groups (broad SMARTS) is 1. The van der Waals surface area contributed by atoms with E-state index in [0.717, 1.165) is 0 Å². The highest BCUT2D eigenvalue weighted by atomic mass is 19.1. The zero-order valence-electron chi connectivity index (χ0n) is 9.90. The Hall–Kier alpha value is -2.11. The molecule has 1 amide bonds. The minimum atomic E-state index is -1.03. The number of benzene rings is 1.